The molecule has 0 aliphatic carbocycles. The van der Waals surface area contributed by atoms with Gasteiger partial charge in [0.25, 0.3) is 0 Å². The molecule has 0 aromatic carbocycles. The summed E-state index contributed by atoms with van der Waals surface area (Å²) in [6.45, 7) is 14.5. The predicted octanol–water partition coefficient (Wildman–Crippen LogP) is 4.92. The average molecular weight is 290 g/mol. The molecular formula is C18H30N2O. The van der Waals surface area contributed by atoms with Crippen molar-refractivity contribution < 1.29 is 5.21 Å². The van der Waals surface area contributed by atoms with Crippen LogP contribution in [0.4, 0.5) is 0 Å². The molecule has 0 atom stereocenters. The molecule has 1 aromatic heterocycles. The summed E-state index contributed by atoms with van der Waals surface area (Å²) in [7, 11) is 0. The Bertz CT molecular complexity index is 489. The van der Waals surface area contributed by atoms with Crippen LogP contribution >= 0.6 is 0 Å². The molecule has 0 unspecified atom stereocenters. The summed E-state index contributed by atoms with van der Waals surface area (Å²) in [5.74, 6) is 0. The van der Waals surface area contributed by atoms with Crippen molar-refractivity contribution >= 4 is 5.57 Å². The van der Waals surface area contributed by atoms with Crippen LogP contribution in [0.3, 0.4) is 0 Å². The van der Waals surface area contributed by atoms with E-state index in [1.165, 1.54) is 16.2 Å². The Kier molecular flexibility index (Phi) is 5.71. The molecule has 1 aliphatic rings. The van der Waals surface area contributed by atoms with E-state index in [9.17, 15) is 5.21 Å². The first kappa shape index (κ1) is 17.9. The van der Waals surface area contributed by atoms with Crippen LogP contribution in [0.25, 0.3) is 5.57 Å². The van der Waals surface area contributed by atoms with Crippen molar-refractivity contribution in [2.24, 2.45) is 0 Å². The van der Waals surface area contributed by atoms with E-state index in [-0.39, 0.29) is 5.54 Å². The molecule has 0 spiro atoms. The SMILES string of the molecule is CC.CCCC1=C(c2cccnc2)C(C)(C)N(O)C1(C)C. The third-order valence-corrected chi connectivity index (χ3v) is 4.16. The first-order chi connectivity index (χ1) is 9.83. The van der Waals surface area contributed by atoms with Gasteiger partial charge in [0, 0.05) is 12.4 Å². The maximum atomic E-state index is 10.6. The van der Waals surface area contributed by atoms with Gasteiger partial charge in [0.1, 0.15) is 0 Å². The minimum atomic E-state index is -0.392. The number of hydrogen-bond acceptors (Lipinski definition) is 3. The predicted molar refractivity (Wildman–Crippen MR) is 89.2 cm³/mol. The van der Waals surface area contributed by atoms with Crippen LogP contribution in [0.2, 0.25) is 0 Å². The molecule has 0 bridgehead atoms. The van der Waals surface area contributed by atoms with E-state index in [4.69, 9.17) is 0 Å². The number of hydroxylamine groups is 2. The van der Waals surface area contributed by atoms with Crippen LogP contribution in [0.1, 0.15) is 66.9 Å². The van der Waals surface area contributed by atoms with Gasteiger partial charge >= 0.3 is 0 Å². The normalized spacial score (nSPS) is 20.2. The van der Waals surface area contributed by atoms with E-state index in [1.807, 2.05) is 26.1 Å². The largest absolute Gasteiger partial charge is 0.312 e. The Morgan fingerprint density at radius 3 is 2.24 bits per heavy atom. The van der Waals surface area contributed by atoms with Crippen LogP contribution in [-0.2, 0) is 0 Å². The van der Waals surface area contributed by atoms with Crippen LogP contribution in [0.15, 0.2) is 30.1 Å². The lowest BCUT2D eigenvalue weighted by molar-refractivity contribution is -0.183. The van der Waals surface area contributed by atoms with Crippen molar-refractivity contribution in [2.45, 2.75) is 72.4 Å². The van der Waals surface area contributed by atoms with Gasteiger partial charge in [0.15, 0.2) is 0 Å². The minimum absolute atomic E-state index is 0.329. The first-order valence-electron chi connectivity index (χ1n) is 7.97. The molecule has 0 saturated carbocycles. The van der Waals surface area contributed by atoms with Crippen molar-refractivity contribution in [3.8, 4) is 0 Å². The van der Waals surface area contributed by atoms with Gasteiger partial charge in [-0.1, -0.05) is 33.3 Å². The molecule has 2 heterocycles. The molecule has 1 aliphatic heterocycles. The van der Waals surface area contributed by atoms with E-state index >= 15 is 0 Å². The topological polar surface area (TPSA) is 36.4 Å². The third-order valence-electron chi connectivity index (χ3n) is 4.16. The lowest BCUT2D eigenvalue weighted by Gasteiger charge is -2.37. The zero-order valence-corrected chi connectivity index (χ0v) is 14.6. The molecule has 0 radical (unpaired) electrons. The highest BCUT2D eigenvalue weighted by Gasteiger charge is 2.50. The number of hydrogen-bond donors (Lipinski definition) is 1. The fourth-order valence-electron chi connectivity index (χ4n) is 3.33. The van der Waals surface area contributed by atoms with E-state index in [2.05, 4.69) is 45.7 Å². The van der Waals surface area contributed by atoms with Crippen molar-refractivity contribution in [3.63, 3.8) is 0 Å². The average Bonchev–Trinajstić information content (AvgIpc) is 2.61. The van der Waals surface area contributed by atoms with Gasteiger partial charge in [0.05, 0.1) is 11.1 Å². The van der Waals surface area contributed by atoms with Crippen molar-refractivity contribution in [3.05, 3.63) is 35.7 Å². The molecule has 21 heavy (non-hydrogen) atoms. The van der Waals surface area contributed by atoms with Crippen LogP contribution in [0.5, 0.6) is 0 Å². The highest BCUT2D eigenvalue weighted by Crippen LogP contribution is 2.49. The minimum Gasteiger partial charge on any atom is -0.312 e. The standard InChI is InChI=1S/C16H24N2O.C2H6/c1-6-8-13-14(12-9-7-10-17-11-12)16(4,5)18(19)15(13,2)3;1-2/h7,9-11,19H,6,8H2,1-5H3;1-2H3. The zero-order chi connectivity index (χ0) is 16.3. The summed E-state index contributed by atoms with van der Waals surface area (Å²) in [6.07, 6.45) is 5.75. The Morgan fingerprint density at radius 1 is 1.14 bits per heavy atom. The smallest absolute Gasteiger partial charge is 0.0668 e. The van der Waals surface area contributed by atoms with E-state index in [1.54, 1.807) is 6.20 Å². The number of nitrogens with zero attached hydrogens (tertiary/aromatic N) is 2. The van der Waals surface area contributed by atoms with Crippen LogP contribution in [0, 0.1) is 0 Å². The second-order valence-corrected chi connectivity index (χ2v) is 6.28. The fraction of sp³-hybridized carbons (Fsp3) is 0.611. The molecule has 1 aromatic rings. The third kappa shape index (κ3) is 3.04. The quantitative estimate of drug-likeness (QED) is 0.858. The first-order valence-corrected chi connectivity index (χ1v) is 7.97. The summed E-state index contributed by atoms with van der Waals surface area (Å²) in [5.41, 5.74) is 2.92. The maximum absolute atomic E-state index is 10.6. The van der Waals surface area contributed by atoms with Crippen molar-refractivity contribution in [2.75, 3.05) is 0 Å². The summed E-state index contributed by atoms with van der Waals surface area (Å²) in [6, 6.07) is 4.03. The number of rotatable bonds is 3. The molecule has 3 nitrogen and oxygen atoms in total. The van der Waals surface area contributed by atoms with E-state index in [0.29, 0.717) is 0 Å². The van der Waals surface area contributed by atoms with Crippen molar-refractivity contribution in [1.82, 2.24) is 10.0 Å². The highest BCUT2D eigenvalue weighted by molar-refractivity contribution is 5.79. The van der Waals surface area contributed by atoms with Gasteiger partial charge in [-0.2, -0.15) is 5.06 Å². The molecule has 1 N–H and O–H groups in total. The monoisotopic (exact) mass is 290 g/mol. The fourth-order valence-corrected chi connectivity index (χ4v) is 3.33. The van der Waals surface area contributed by atoms with Gasteiger partial charge in [-0.25, -0.2) is 0 Å². The van der Waals surface area contributed by atoms with Crippen LogP contribution < -0.4 is 0 Å². The maximum Gasteiger partial charge on any atom is 0.0668 e. The van der Waals surface area contributed by atoms with E-state index in [0.717, 1.165) is 18.4 Å². The molecular weight excluding hydrogens is 260 g/mol. The Labute approximate surface area is 129 Å². The number of aromatic nitrogens is 1. The van der Waals surface area contributed by atoms with E-state index < -0.39 is 5.54 Å². The number of pyridine rings is 1. The van der Waals surface area contributed by atoms with Gasteiger partial charge < -0.3 is 5.21 Å². The summed E-state index contributed by atoms with van der Waals surface area (Å²) >= 11 is 0. The lowest BCUT2D eigenvalue weighted by Crippen LogP contribution is -2.48. The molecule has 0 fully saturated rings. The second kappa shape index (κ2) is 6.71. The molecule has 0 saturated heterocycles. The highest BCUT2D eigenvalue weighted by atomic mass is 16.5. The summed E-state index contributed by atoms with van der Waals surface area (Å²) < 4.78 is 0. The lowest BCUT2D eigenvalue weighted by atomic mass is 9.84. The Balaban J connectivity index is 0.00000106. The summed E-state index contributed by atoms with van der Waals surface area (Å²) in [5, 5.41) is 12.1. The molecule has 2 rings (SSSR count). The summed E-state index contributed by atoms with van der Waals surface area (Å²) in [4.78, 5) is 4.23. The molecule has 0 amide bonds. The Morgan fingerprint density at radius 2 is 1.76 bits per heavy atom. The zero-order valence-electron chi connectivity index (χ0n) is 14.6. The Hall–Kier alpha value is -1.19. The van der Waals surface area contributed by atoms with Gasteiger partial charge in [-0.15, -0.1) is 0 Å². The second-order valence-electron chi connectivity index (χ2n) is 6.28. The van der Waals surface area contributed by atoms with Gasteiger partial charge in [0.2, 0.25) is 0 Å². The van der Waals surface area contributed by atoms with Gasteiger partial charge in [-0.3, -0.25) is 4.98 Å². The van der Waals surface area contributed by atoms with Crippen molar-refractivity contribution in [1.29, 1.82) is 0 Å². The van der Waals surface area contributed by atoms with Crippen LogP contribution in [-0.4, -0.2) is 26.3 Å². The molecule has 3 heteroatoms. The van der Waals surface area contributed by atoms with Gasteiger partial charge in [-0.05, 0) is 56.9 Å². The molecule has 118 valence electrons.